The van der Waals surface area contributed by atoms with Crippen LogP contribution in [0.3, 0.4) is 0 Å². The fourth-order valence-electron chi connectivity index (χ4n) is 2.92. The number of carbonyl (C=O) groups is 1. The summed E-state index contributed by atoms with van der Waals surface area (Å²) >= 11 is 1.73. The Labute approximate surface area is 178 Å². The van der Waals surface area contributed by atoms with Crippen molar-refractivity contribution in [3.05, 3.63) is 22.4 Å². The molecule has 1 aliphatic rings. The van der Waals surface area contributed by atoms with E-state index in [9.17, 15) is 4.79 Å². The number of rotatable bonds is 7. The minimum Gasteiger partial charge on any atom is -0.358 e. The number of hydrogen-bond acceptors (Lipinski definition) is 4. The first-order chi connectivity index (χ1) is 12.1. The van der Waals surface area contributed by atoms with E-state index in [2.05, 4.69) is 51.5 Å². The van der Waals surface area contributed by atoms with Crippen LogP contribution >= 0.6 is 35.3 Å². The number of carbonyl (C=O) groups excluding carboxylic acids is 1. The molecule has 1 fully saturated rings. The van der Waals surface area contributed by atoms with Crippen molar-refractivity contribution in [1.82, 2.24) is 20.9 Å². The summed E-state index contributed by atoms with van der Waals surface area (Å²) in [7, 11) is 1.69. The second kappa shape index (κ2) is 12.5. The highest BCUT2D eigenvalue weighted by atomic mass is 127. The molecule has 6 nitrogen and oxygen atoms in total. The average molecular weight is 493 g/mol. The number of halogens is 1. The Bertz CT molecular complexity index is 544. The maximum absolute atomic E-state index is 11.5. The van der Waals surface area contributed by atoms with Crippen LogP contribution in [0.15, 0.2) is 21.8 Å². The van der Waals surface area contributed by atoms with E-state index in [0.717, 1.165) is 45.0 Å². The lowest BCUT2D eigenvalue weighted by atomic mass is 10.0. The molecule has 0 aromatic carbocycles. The van der Waals surface area contributed by atoms with Crippen LogP contribution in [0.25, 0.3) is 0 Å². The summed E-state index contributed by atoms with van der Waals surface area (Å²) < 4.78 is 0. The fraction of sp³-hybridized carbons (Fsp3) is 0.667. The molecule has 0 bridgehead atoms. The second-order valence-corrected chi connectivity index (χ2v) is 7.33. The van der Waals surface area contributed by atoms with Gasteiger partial charge >= 0.3 is 0 Å². The molecule has 1 aromatic heterocycles. The third-order valence-corrected chi connectivity index (χ3v) is 5.26. The molecule has 2 rings (SSSR count). The van der Waals surface area contributed by atoms with Crippen LogP contribution in [-0.4, -0.2) is 62.6 Å². The van der Waals surface area contributed by atoms with Crippen LogP contribution in [0.4, 0.5) is 0 Å². The van der Waals surface area contributed by atoms with Crippen LogP contribution in [0.5, 0.6) is 0 Å². The zero-order chi connectivity index (χ0) is 18.1. The van der Waals surface area contributed by atoms with Gasteiger partial charge in [0.2, 0.25) is 5.91 Å². The minimum atomic E-state index is 0. The van der Waals surface area contributed by atoms with Gasteiger partial charge in [0.1, 0.15) is 0 Å². The first-order valence-corrected chi connectivity index (χ1v) is 10.1. The molecule has 1 saturated heterocycles. The molecule has 1 atom stereocenters. The maximum atomic E-state index is 11.5. The topological polar surface area (TPSA) is 68.8 Å². The number of nitrogens with one attached hydrogen (secondary N) is 3. The van der Waals surface area contributed by atoms with E-state index in [4.69, 9.17) is 4.99 Å². The van der Waals surface area contributed by atoms with Gasteiger partial charge in [0, 0.05) is 45.2 Å². The molecule has 1 unspecified atom stereocenters. The van der Waals surface area contributed by atoms with Gasteiger partial charge in [0.15, 0.2) is 5.96 Å². The number of aliphatic imine (C=N–C) groups is 1. The van der Waals surface area contributed by atoms with Gasteiger partial charge < -0.3 is 16.0 Å². The molecule has 26 heavy (non-hydrogen) atoms. The molecule has 2 heterocycles. The maximum Gasteiger partial charge on any atom is 0.233 e. The number of thiophene rings is 1. The predicted molar refractivity (Wildman–Crippen MR) is 121 cm³/mol. The Balaban J connectivity index is 0.00000338. The molecule has 148 valence electrons. The average Bonchev–Trinajstić information content (AvgIpc) is 3.16. The van der Waals surface area contributed by atoms with E-state index in [0.29, 0.717) is 18.5 Å². The number of nitrogens with zero attached hydrogens (tertiary/aromatic N) is 2. The zero-order valence-corrected chi connectivity index (χ0v) is 19.1. The van der Waals surface area contributed by atoms with Gasteiger partial charge in [0.05, 0.1) is 6.54 Å². The third-order valence-electron chi connectivity index (χ3n) is 4.55. The summed E-state index contributed by atoms with van der Waals surface area (Å²) in [5.74, 6) is 1.41. The van der Waals surface area contributed by atoms with Crippen molar-refractivity contribution in [2.45, 2.75) is 38.6 Å². The smallest absolute Gasteiger partial charge is 0.233 e. The van der Waals surface area contributed by atoms with Crippen LogP contribution in [0, 0.1) is 0 Å². The Morgan fingerprint density at radius 3 is 2.73 bits per heavy atom. The lowest BCUT2D eigenvalue weighted by Gasteiger charge is -2.32. The Morgan fingerprint density at radius 2 is 2.15 bits per heavy atom. The van der Waals surface area contributed by atoms with E-state index in [1.165, 1.54) is 5.56 Å². The monoisotopic (exact) mass is 493 g/mol. The van der Waals surface area contributed by atoms with Crippen molar-refractivity contribution in [3.63, 3.8) is 0 Å². The molecule has 1 aromatic rings. The summed E-state index contributed by atoms with van der Waals surface area (Å²) in [6.07, 6.45) is 2.06. The van der Waals surface area contributed by atoms with Gasteiger partial charge in [0.25, 0.3) is 0 Å². The normalized spacial score (nSPS) is 17.3. The van der Waals surface area contributed by atoms with E-state index in [-0.39, 0.29) is 29.9 Å². The Kier molecular flexibility index (Phi) is 11.1. The summed E-state index contributed by atoms with van der Waals surface area (Å²) in [6, 6.07) is 2.59. The second-order valence-electron chi connectivity index (χ2n) is 6.55. The van der Waals surface area contributed by atoms with E-state index >= 15 is 0 Å². The Morgan fingerprint density at radius 1 is 1.42 bits per heavy atom. The molecule has 0 aliphatic carbocycles. The number of likely N-dealkylation sites (N-methyl/N-ethyl adjacent to an activating group) is 1. The summed E-state index contributed by atoms with van der Waals surface area (Å²) in [5.41, 5.74) is 1.35. The molecule has 0 radical (unpaired) electrons. The van der Waals surface area contributed by atoms with Gasteiger partial charge in [-0.25, -0.2) is 0 Å². The van der Waals surface area contributed by atoms with Gasteiger partial charge in [-0.05, 0) is 42.2 Å². The van der Waals surface area contributed by atoms with Gasteiger partial charge in [-0.3, -0.25) is 14.7 Å². The van der Waals surface area contributed by atoms with Crippen LogP contribution in [0.1, 0.15) is 38.2 Å². The van der Waals surface area contributed by atoms with Crippen molar-refractivity contribution in [2.75, 3.05) is 39.8 Å². The number of amides is 1. The van der Waals surface area contributed by atoms with Crippen LogP contribution in [-0.2, 0) is 4.79 Å². The highest BCUT2D eigenvalue weighted by Gasteiger charge is 2.21. The molecule has 1 aliphatic heterocycles. The van der Waals surface area contributed by atoms with Crippen LogP contribution in [0.2, 0.25) is 0 Å². The lowest BCUT2D eigenvalue weighted by Crippen LogP contribution is -2.50. The minimum absolute atomic E-state index is 0. The van der Waals surface area contributed by atoms with Crippen molar-refractivity contribution in [2.24, 2.45) is 4.99 Å². The molecule has 3 N–H and O–H groups in total. The van der Waals surface area contributed by atoms with Crippen molar-refractivity contribution < 1.29 is 4.79 Å². The predicted octanol–water partition coefficient (Wildman–Crippen LogP) is 2.24. The van der Waals surface area contributed by atoms with Gasteiger partial charge in [-0.1, -0.05) is 6.92 Å². The van der Waals surface area contributed by atoms with Gasteiger partial charge in [-0.2, -0.15) is 11.3 Å². The molecule has 1 amide bonds. The third kappa shape index (κ3) is 7.79. The number of guanidine groups is 1. The van der Waals surface area contributed by atoms with Crippen molar-refractivity contribution in [3.8, 4) is 0 Å². The first kappa shape index (κ1) is 23.2. The largest absolute Gasteiger partial charge is 0.358 e. The van der Waals surface area contributed by atoms with Crippen molar-refractivity contribution >= 4 is 47.2 Å². The molecule has 8 heteroatoms. The van der Waals surface area contributed by atoms with E-state index in [1.807, 2.05) is 0 Å². The number of hydrogen-bond donors (Lipinski definition) is 3. The summed E-state index contributed by atoms with van der Waals surface area (Å²) in [6.45, 7) is 8.31. The van der Waals surface area contributed by atoms with Gasteiger partial charge in [-0.15, -0.1) is 24.0 Å². The highest BCUT2D eigenvalue weighted by molar-refractivity contribution is 14.0. The van der Waals surface area contributed by atoms with Crippen LogP contribution < -0.4 is 16.0 Å². The number of piperidine rings is 1. The standard InChI is InChI=1S/C18H31N5OS.HI/c1-4-20-18(21-11-14(2)15-7-10-25-13-15)22-16-5-8-23(9-6-16)12-17(24)19-3;/h7,10,13-14,16H,4-6,8-9,11-12H2,1-3H3,(H,19,24)(H2,20,21,22);1H. The zero-order valence-electron chi connectivity index (χ0n) is 16.0. The van der Waals surface area contributed by atoms with E-state index < -0.39 is 0 Å². The SMILES string of the molecule is CCNC(=NCC(C)c1ccsc1)NC1CCN(CC(=O)NC)CC1.I. The van der Waals surface area contributed by atoms with Crippen molar-refractivity contribution in [1.29, 1.82) is 0 Å². The first-order valence-electron chi connectivity index (χ1n) is 9.12. The lowest BCUT2D eigenvalue weighted by molar-refractivity contribution is -0.122. The Hall–Kier alpha value is -0.870. The summed E-state index contributed by atoms with van der Waals surface area (Å²) in [4.78, 5) is 18.4. The molecular weight excluding hydrogens is 461 g/mol. The highest BCUT2D eigenvalue weighted by Crippen LogP contribution is 2.18. The quantitative estimate of drug-likeness (QED) is 0.310. The summed E-state index contributed by atoms with van der Waals surface area (Å²) in [5, 5.41) is 13.9. The fourth-order valence-corrected chi connectivity index (χ4v) is 3.70. The molecular formula is C18H32IN5OS. The number of likely N-dealkylation sites (tertiary alicyclic amines) is 1. The van der Waals surface area contributed by atoms with E-state index in [1.54, 1.807) is 18.4 Å². The molecule has 0 saturated carbocycles. The molecule has 0 spiro atoms.